The molecular formula is C10H19NO2S. The lowest BCUT2D eigenvalue weighted by Gasteiger charge is -2.22. The summed E-state index contributed by atoms with van der Waals surface area (Å²) < 4.78 is 0. The number of aliphatic hydroxyl groups is 1. The van der Waals surface area contributed by atoms with Gasteiger partial charge in [-0.3, -0.25) is 4.79 Å². The number of carbonyl (C=O) groups is 1. The summed E-state index contributed by atoms with van der Waals surface area (Å²) in [5.74, 6) is 2.39. The topological polar surface area (TPSA) is 49.3 Å². The van der Waals surface area contributed by atoms with Gasteiger partial charge in [-0.2, -0.15) is 11.8 Å². The van der Waals surface area contributed by atoms with Gasteiger partial charge in [0.1, 0.15) is 0 Å². The van der Waals surface area contributed by atoms with E-state index >= 15 is 0 Å². The Morgan fingerprint density at radius 2 is 2.21 bits per heavy atom. The Bertz CT molecular complexity index is 179. The first-order chi connectivity index (χ1) is 6.68. The summed E-state index contributed by atoms with van der Waals surface area (Å²) in [6.45, 7) is 1.71. The zero-order chi connectivity index (χ0) is 10.4. The van der Waals surface area contributed by atoms with E-state index in [9.17, 15) is 4.79 Å². The lowest BCUT2D eigenvalue weighted by atomic mass is 10.1. The number of thioether (sulfide) groups is 1. The number of aliphatic hydroxyl groups excluding tert-OH is 1. The van der Waals surface area contributed by atoms with Gasteiger partial charge in [0.15, 0.2) is 0 Å². The van der Waals surface area contributed by atoms with Crippen LogP contribution in [0.4, 0.5) is 0 Å². The molecule has 1 aliphatic heterocycles. The van der Waals surface area contributed by atoms with E-state index in [1.807, 2.05) is 11.8 Å². The molecule has 4 heteroatoms. The normalized spacial score (nSPS) is 20.4. The number of amides is 1. The molecule has 1 atom stereocenters. The molecule has 0 spiro atoms. The molecule has 1 rings (SSSR count). The molecule has 82 valence electrons. The number of nitrogens with one attached hydrogen (secondary N) is 1. The first-order valence-electron chi connectivity index (χ1n) is 5.23. The van der Waals surface area contributed by atoms with Crippen molar-refractivity contribution >= 4 is 17.7 Å². The second-order valence-corrected chi connectivity index (χ2v) is 5.07. The van der Waals surface area contributed by atoms with Gasteiger partial charge >= 0.3 is 0 Å². The van der Waals surface area contributed by atoms with Crippen LogP contribution in [0.3, 0.4) is 0 Å². The smallest absolute Gasteiger partial charge is 0.220 e. The quantitative estimate of drug-likeness (QED) is 0.743. The van der Waals surface area contributed by atoms with Crippen molar-refractivity contribution in [1.29, 1.82) is 0 Å². The molecule has 1 aliphatic rings. The van der Waals surface area contributed by atoms with Crippen molar-refractivity contribution in [1.82, 2.24) is 5.32 Å². The fourth-order valence-corrected chi connectivity index (χ4v) is 2.59. The van der Waals surface area contributed by atoms with Crippen LogP contribution in [0.1, 0.15) is 32.6 Å². The summed E-state index contributed by atoms with van der Waals surface area (Å²) in [6.07, 6.45) is 2.81. The average molecular weight is 217 g/mol. The van der Waals surface area contributed by atoms with E-state index < -0.39 is 0 Å². The van der Waals surface area contributed by atoms with E-state index in [0.29, 0.717) is 18.9 Å². The molecule has 1 unspecified atom stereocenters. The Balaban J connectivity index is 2.12. The second kappa shape index (κ2) is 6.30. The SMILES string of the molecule is CC(O)CCC(=O)NC1CCSCC1. The van der Waals surface area contributed by atoms with Crippen molar-refractivity contribution in [2.24, 2.45) is 0 Å². The van der Waals surface area contributed by atoms with Crippen LogP contribution >= 0.6 is 11.8 Å². The van der Waals surface area contributed by atoms with Gasteiger partial charge in [-0.15, -0.1) is 0 Å². The van der Waals surface area contributed by atoms with E-state index in [1.54, 1.807) is 6.92 Å². The summed E-state index contributed by atoms with van der Waals surface area (Å²) in [4.78, 5) is 11.4. The standard InChI is InChI=1S/C10H19NO2S/c1-8(12)2-3-10(13)11-9-4-6-14-7-5-9/h8-9,12H,2-7H2,1H3,(H,11,13). The van der Waals surface area contributed by atoms with E-state index in [0.717, 1.165) is 24.3 Å². The van der Waals surface area contributed by atoms with E-state index in [1.165, 1.54) is 0 Å². The molecule has 0 aromatic heterocycles. The number of carbonyl (C=O) groups excluding carboxylic acids is 1. The third kappa shape index (κ3) is 4.86. The van der Waals surface area contributed by atoms with Gasteiger partial charge in [-0.05, 0) is 37.7 Å². The highest BCUT2D eigenvalue weighted by Gasteiger charge is 2.15. The number of hydrogen-bond donors (Lipinski definition) is 2. The van der Waals surface area contributed by atoms with Gasteiger partial charge in [0.25, 0.3) is 0 Å². The molecule has 1 amide bonds. The molecule has 2 N–H and O–H groups in total. The van der Waals surface area contributed by atoms with Crippen LogP contribution in [0.5, 0.6) is 0 Å². The van der Waals surface area contributed by atoms with Crippen molar-refractivity contribution in [2.45, 2.75) is 44.8 Å². The van der Waals surface area contributed by atoms with Crippen LogP contribution in [-0.4, -0.2) is 34.7 Å². The first-order valence-corrected chi connectivity index (χ1v) is 6.39. The predicted octanol–water partition coefficient (Wildman–Crippen LogP) is 1.16. The summed E-state index contributed by atoms with van der Waals surface area (Å²) in [6, 6.07) is 0.373. The summed E-state index contributed by atoms with van der Waals surface area (Å²) in [5.41, 5.74) is 0. The number of hydrogen-bond acceptors (Lipinski definition) is 3. The Morgan fingerprint density at radius 3 is 2.79 bits per heavy atom. The lowest BCUT2D eigenvalue weighted by Crippen LogP contribution is -2.37. The minimum absolute atomic E-state index is 0.0859. The van der Waals surface area contributed by atoms with Crippen LogP contribution in [-0.2, 0) is 4.79 Å². The van der Waals surface area contributed by atoms with E-state index in [2.05, 4.69) is 5.32 Å². The van der Waals surface area contributed by atoms with Crippen LogP contribution in [0.15, 0.2) is 0 Å². The molecule has 0 aliphatic carbocycles. The van der Waals surface area contributed by atoms with Gasteiger partial charge in [0.05, 0.1) is 6.10 Å². The monoisotopic (exact) mass is 217 g/mol. The Morgan fingerprint density at radius 1 is 1.57 bits per heavy atom. The molecule has 0 saturated carbocycles. The van der Waals surface area contributed by atoms with Crippen LogP contribution < -0.4 is 5.32 Å². The Kier molecular flexibility index (Phi) is 5.33. The lowest BCUT2D eigenvalue weighted by molar-refractivity contribution is -0.122. The second-order valence-electron chi connectivity index (χ2n) is 3.84. The summed E-state index contributed by atoms with van der Waals surface area (Å²) in [7, 11) is 0. The molecule has 0 bridgehead atoms. The maximum atomic E-state index is 11.4. The third-order valence-electron chi connectivity index (χ3n) is 2.38. The minimum atomic E-state index is -0.373. The highest BCUT2D eigenvalue weighted by atomic mass is 32.2. The van der Waals surface area contributed by atoms with E-state index in [4.69, 9.17) is 5.11 Å². The molecule has 1 saturated heterocycles. The van der Waals surface area contributed by atoms with Crippen molar-refractivity contribution in [2.75, 3.05) is 11.5 Å². The summed E-state index contributed by atoms with van der Waals surface area (Å²) >= 11 is 1.95. The van der Waals surface area contributed by atoms with Gasteiger partial charge in [-0.1, -0.05) is 0 Å². The van der Waals surface area contributed by atoms with Crippen LogP contribution in [0, 0.1) is 0 Å². The molecule has 1 heterocycles. The maximum Gasteiger partial charge on any atom is 0.220 e. The fourth-order valence-electron chi connectivity index (χ4n) is 1.48. The molecule has 0 aromatic carbocycles. The molecule has 14 heavy (non-hydrogen) atoms. The van der Waals surface area contributed by atoms with E-state index in [-0.39, 0.29) is 12.0 Å². The van der Waals surface area contributed by atoms with Crippen LogP contribution in [0.2, 0.25) is 0 Å². The largest absolute Gasteiger partial charge is 0.393 e. The highest BCUT2D eigenvalue weighted by Crippen LogP contribution is 2.16. The van der Waals surface area contributed by atoms with Gasteiger partial charge in [0.2, 0.25) is 5.91 Å². The predicted molar refractivity (Wildman–Crippen MR) is 59.4 cm³/mol. The average Bonchev–Trinajstić information content (AvgIpc) is 2.16. The van der Waals surface area contributed by atoms with Crippen molar-refractivity contribution in [3.63, 3.8) is 0 Å². The zero-order valence-electron chi connectivity index (χ0n) is 8.66. The van der Waals surface area contributed by atoms with Gasteiger partial charge < -0.3 is 10.4 Å². The fraction of sp³-hybridized carbons (Fsp3) is 0.900. The van der Waals surface area contributed by atoms with Crippen LogP contribution in [0.25, 0.3) is 0 Å². The van der Waals surface area contributed by atoms with Crippen molar-refractivity contribution in [3.8, 4) is 0 Å². The highest BCUT2D eigenvalue weighted by molar-refractivity contribution is 7.99. The summed E-state index contributed by atoms with van der Waals surface area (Å²) in [5, 5.41) is 12.0. The van der Waals surface area contributed by atoms with Crippen molar-refractivity contribution < 1.29 is 9.90 Å². The molecule has 0 aromatic rings. The molecule has 0 radical (unpaired) electrons. The maximum absolute atomic E-state index is 11.4. The molecule has 1 fully saturated rings. The third-order valence-corrected chi connectivity index (χ3v) is 3.42. The zero-order valence-corrected chi connectivity index (χ0v) is 9.48. The first kappa shape index (κ1) is 11.9. The Hall–Kier alpha value is -0.220. The molecule has 3 nitrogen and oxygen atoms in total. The Labute approximate surface area is 89.6 Å². The number of rotatable bonds is 4. The van der Waals surface area contributed by atoms with Crippen molar-refractivity contribution in [3.05, 3.63) is 0 Å². The van der Waals surface area contributed by atoms with Gasteiger partial charge in [-0.25, -0.2) is 0 Å². The van der Waals surface area contributed by atoms with Gasteiger partial charge in [0, 0.05) is 12.5 Å². The molecular weight excluding hydrogens is 198 g/mol. The minimum Gasteiger partial charge on any atom is -0.393 e.